The van der Waals surface area contributed by atoms with E-state index < -0.39 is 6.10 Å². The summed E-state index contributed by atoms with van der Waals surface area (Å²) in [4.78, 5) is 11.9. The third-order valence-electron chi connectivity index (χ3n) is 2.26. The molecule has 2 N–H and O–H groups in total. The van der Waals surface area contributed by atoms with Crippen molar-refractivity contribution in [1.29, 1.82) is 0 Å². The summed E-state index contributed by atoms with van der Waals surface area (Å²) in [6.45, 7) is 0.304. The quantitative estimate of drug-likeness (QED) is 0.827. The van der Waals surface area contributed by atoms with Gasteiger partial charge in [-0.15, -0.1) is 0 Å². The number of benzene rings is 1. The van der Waals surface area contributed by atoms with Crippen LogP contribution in [-0.4, -0.2) is 44.5 Å². The zero-order valence-corrected chi connectivity index (χ0v) is 11.9. The molecule has 0 saturated carbocycles. The maximum absolute atomic E-state index is 11.9. The van der Waals surface area contributed by atoms with Crippen molar-refractivity contribution >= 4 is 21.8 Å². The Bertz CT molecular complexity index is 411. The number of methoxy groups -OCH3 is 2. The van der Waals surface area contributed by atoms with Crippen molar-refractivity contribution in [3.8, 4) is 5.75 Å². The molecule has 0 fully saturated rings. The minimum atomic E-state index is -0.725. The number of aliphatic hydroxyl groups is 1. The Balaban J connectivity index is 2.68. The molecule has 0 aliphatic carbocycles. The van der Waals surface area contributed by atoms with Crippen LogP contribution in [0.15, 0.2) is 22.7 Å². The maximum atomic E-state index is 11.9. The van der Waals surface area contributed by atoms with Crippen molar-refractivity contribution in [2.24, 2.45) is 0 Å². The van der Waals surface area contributed by atoms with Crippen LogP contribution in [0.1, 0.15) is 10.4 Å². The molecular formula is C12H16BrNO4. The fraction of sp³-hybridized carbons (Fsp3) is 0.417. The van der Waals surface area contributed by atoms with Gasteiger partial charge in [0.15, 0.2) is 0 Å². The smallest absolute Gasteiger partial charge is 0.255 e. The Morgan fingerprint density at radius 2 is 2.22 bits per heavy atom. The summed E-state index contributed by atoms with van der Waals surface area (Å²) >= 11 is 3.29. The van der Waals surface area contributed by atoms with Crippen LogP contribution in [0.25, 0.3) is 0 Å². The molecule has 0 heterocycles. The van der Waals surface area contributed by atoms with E-state index in [1.807, 2.05) is 0 Å². The van der Waals surface area contributed by atoms with Gasteiger partial charge in [0.25, 0.3) is 5.91 Å². The van der Waals surface area contributed by atoms with Gasteiger partial charge in [-0.3, -0.25) is 4.79 Å². The van der Waals surface area contributed by atoms with Crippen LogP contribution in [-0.2, 0) is 4.74 Å². The molecule has 1 unspecified atom stereocenters. The lowest BCUT2D eigenvalue weighted by Gasteiger charge is -2.12. The molecule has 0 aromatic heterocycles. The molecule has 0 bridgehead atoms. The number of rotatable bonds is 6. The molecule has 1 atom stereocenters. The lowest BCUT2D eigenvalue weighted by atomic mass is 10.2. The van der Waals surface area contributed by atoms with E-state index in [4.69, 9.17) is 9.47 Å². The first-order valence-corrected chi connectivity index (χ1v) is 6.16. The van der Waals surface area contributed by atoms with E-state index in [1.165, 1.54) is 14.2 Å². The molecule has 0 aliphatic heterocycles. The average Bonchev–Trinajstić information content (AvgIpc) is 2.36. The van der Waals surface area contributed by atoms with Crippen LogP contribution in [0.3, 0.4) is 0 Å². The molecule has 0 radical (unpaired) electrons. The summed E-state index contributed by atoms with van der Waals surface area (Å²) in [6.07, 6.45) is -0.725. The third-order valence-corrected chi connectivity index (χ3v) is 2.76. The fourth-order valence-electron chi connectivity index (χ4n) is 1.41. The second kappa shape index (κ2) is 7.35. The predicted molar refractivity (Wildman–Crippen MR) is 70.9 cm³/mol. The van der Waals surface area contributed by atoms with Crippen molar-refractivity contribution in [3.05, 3.63) is 28.2 Å². The Labute approximate surface area is 114 Å². The molecule has 0 saturated heterocycles. The normalized spacial score (nSPS) is 12.0. The van der Waals surface area contributed by atoms with E-state index in [9.17, 15) is 9.90 Å². The molecule has 1 amide bonds. The summed E-state index contributed by atoms with van der Waals surface area (Å²) in [5, 5.41) is 12.1. The summed E-state index contributed by atoms with van der Waals surface area (Å²) in [5.74, 6) is 0.181. The maximum Gasteiger partial charge on any atom is 0.255 e. The molecule has 5 nitrogen and oxygen atoms in total. The largest absolute Gasteiger partial charge is 0.496 e. The summed E-state index contributed by atoms with van der Waals surface area (Å²) in [5.41, 5.74) is 0.413. The van der Waals surface area contributed by atoms with E-state index in [-0.39, 0.29) is 19.1 Å². The van der Waals surface area contributed by atoms with Crippen molar-refractivity contribution in [2.75, 3.05) is 27.4 Å². The lowest BCUT2D eigenvalue weighted by molar-refractivity contribution is 0.0609. The van der Waals surface area contributed by atoms with Crippen LogP contribution < -0.4 is 10.1 Å². The number of amides is 1. The number of carbonyl (C=O) groups is 1. The van der Waals surface area contributed by atoms with Gasteiger partial charge in [-0.1, -0.05) is 15.9 Å². The topological polar surface area (TPSA) is 67.8 Å². The van der Waals surface area contributed by atoms with Crippen LogP contribution in [0.4, 0.5) is 0 Å². The minimum Gasteiger partial charge on any atom is -0.496 e. The average molecular weight is 318 g/mol. The molecule has 100 valence electrons. The van der Waals surface area contributed by atoms with E-state index in [1.54, 1.807) is 18.2 Å². The molecule has 0 spiro atoms. The molecule has 6 heteroatoms. The first kappa shape index (κ1) is 14.9. The number of nitrogens with one attached hydrogen (secondary N) is 1. The van der Waals surface area contributed by atoms with Crippen LogP contribution in [0.5, 0.6) is 5.75 Å². The van der Waals surface area contributed by atoms with Gasteiger partial charge in [-0.2, -0.15) is 0 Å². The second-order valence-electron chi connectivity index (χ2n) is 3.66. The Hall–Kier alpha value is -1.11. The third kappa shape index (κ3) is 4.29. The molecule has 1 rings (SSSR count). The summed E-state index contributed by atoms with van der Waals surface area (Å²) < 4.78 is 10.7. The van der Waals surface area contributed by atoms with E-state index >= 15 is 0 Å². The summed E-state index contributed by atoms with van der Waals surface area (Å²) in [7, 11) is 2.99. The highest BCUT2D eigenvalue weighted by Gasteiger charge is 2.14. The second-order valence-corrected chi connectivity index (χ2v) is 4.58. The lowest BCUT2D eigenvalue weighted by Crippen LogP contribution is -2.34. The van der Waals surface area contributed by atoms with Crippen molar-refractivity contribution in [2.45, 2.75) is 6.10 Å². The van der Waals surface area contributed by atoms with Gasteiger partial charge < -0.3 is 19.9 Å². The van der Waals surface area contributed by atoms with Crippen LogP contribution in [0, 0.1) is 0 Å². The zero-order valence-electron chi connectivity index (χ0n) is 10.3. The number of ether oxygens (including phenoxy) is 2. The first-order valence-electron chi connectivity index (χ1n) is 5.37. The van der Waals surface area contributed by atoms with Gasteiger partial charge in [0.2, 0.25) is 0 Å². The van der Waals surface area contributed by atoms with Gasteiger partial charge in [-0.05, 0) is 18.2 Å². The molecule has 0 aliphatic rings. The molecule has 1 aromatic rings. The van der Waals surface area contributed by atoms with Gasteiger partial charge >= 0.3 is 0 Å². The SMILES string of the molecule is COCC(O)CNC(=O)c1cc(Br)ccc1OC. The van der Waals surface area contributed by atoms with Crippen LogP contribution in [0.2, 0.25) is 0 Å². The van der Waals surface area contributed by atoms with E-state index in [0.29, 0.717) is 11.3 Å². The monoisotopic (exact) mass is 317 g/mol. The van der Waals surface area contributed by atoms with E-state index in [0.717, 1.165) is 4.47 Å². The first-order chi connectivity index (χ1) is 8.58. The number of hydrogen-bond donors (Lipinski definition) is 2. The predicted octanol–water partition coefficient (Wildman–Crippen LogP) is 1.19. The summed E-state index contributed by atoms with van der Waals surface area (Å²) in [6, 6.07) is 5.15. The highest BCUT2D eigenvalue weighted by molar-refractivity contribution is 9.10. The standard InChI is InChI=1S/C12H16BrNO4/c1-17-7-9(15)6-14-12(16)10-5-8(13)3-4-11(10)18-2/h3-5,9,15H,6-7H2,1-2H3,(H,14,16). The molecule has 18 heavy (non-hydrogen) atoms. The molecule has 1 aromatic carbocycles. The number of hydrogen-bond acceptors (Lipinski definition) is 4. The van der Waals surface area contributed by atoms with Gasteiger partial charge in [0.1, 0.15) is 5.75 Å². The van der Waals surface area contributed by atoms with E-state index in [2.05, 4.69) is 21.2 Å². The van der Waals surface area contributed by atoms with Crippen molar-refractivity contribution in [1.82, 2.24) is 5.32 Å². The van der Waals surface area contributed by atoms with Crippen molar-refractivity contribution < 1.29 is 19.4 Å². The fourth-order valence-corrected chi connectivity index (χ4v) is 1.78. The van der Waals surface area contributed by atoms with Gasteiger partial charge in [0.05, 0.1) is 25.4 Å². The number of aliphatic hydroxyl groups excluding tert-OH is 1. The van der Waals surface area contributed by atoms with Crippen molar-refractivity contribution in [3.63, 3.8) is 0 Å². The van der Waals surface area contributed by atoms with Crippen LogP contribution >= 0.6 is 15.9 Å². The highest BCUT2D eigenvalue weighted by Crippen LogP contribution is 2.22. The number of carbonyl (C=O) groups excluding carboxylic acids is 1. The zero-order chi connectivity index (χ0) is 13.5. The van der Waals surface area contributed by atoms with Gasteiger partial charge in [-0.25, -0.2) is 0 Å². The Morgan fingerprint density at radius 3 is 2.83 bits per heavy atom. The molecular weight excluding hydrogens is 302 g/mol. The Kier molecular flexibility index (Phi) is 6.11. The van der Waals surface area contributed by atoms with Gasteiger partial charge in [0, 0.05) is 18.1 Å². The highest BCUT2D eigenvalue weighted by atomic mass is 79.9. The minimum absolute atomic E-state index is 0.127. The number of halogens is 1. The Morgan fingerprint density at radius 1 is 1.50 bits per heavy atom.